The van der Waals surface area contributed by atoms with Gasteiger partial charge in [0.05, 0.1) is 16.5 Å². The molecule has 51 heavy (non-hydrogen) atoms. The molecule has 2 heteroatoms. The highest BCUT2D eigenvalue weighted by molar-refractivity contribution is 6.18. The Bertz CT molecular complexity index is 2650. The van der Waals surface area contributed by atoms with E-state index in [1.807, 2.05) is 0 Å². The number of hydrogen-bond donors (Lipinski definition) is 0. The Morgan fingerprint density at radius 2 is 0.882 bits per heavy atom. The van der Waals surface area contributed by atoms with E-state index < -0.39 is 5.41 Å². The highest BCUT2D eigenvalue weighted by atomic mass is 16.3. The summed E-state index contributed by atoms with van der Waals surface area (Å²) in [6.07, 6.45) is 0. The summed E-state index contributed by atoms with van der Waals surface area (Å²) < 4.78 is 6.61. The number of hydrogen-bond acceptors (Lipinski definition) is 2. The predicted octanol–water partition coefficient (Wildman–Crippen LogP) is 13.1. The molecule has 9 aromatic rings. The minimum Gasteiger partial charge on any atom is -0.456 e. The third-order valence-corrected chi connectivity index (χ3v) is 10.5. The zero-order valence-corrected chi connectivity index (χ0v) is 27.9. The third-order valence-electron chi connectivity index (χ3n) is 10.5. The van der Waals surface area contributed by atoms with Crippen LogP contribution in [0.2, 0.25) is 0 Å². The van der Waals surface area contributed by atoms with Gasteiger partial charge in [0.15, 0.2) is 0 Å². The molecule has 0 bridgehead atoms. The monoisotopic (exact) mass is 651 g/mol. The Morgan fingerprint density at radius 3 is 1.59 bits per heavy atom. The van der Waals surface area contributed by atoms with Crippen molar-refractivity contribution in [1.29, 1.82) is 0 Å². The third kappa shape index (κ3) is 4.43. The van der Waals surface area contributed by atoms with Crippen LogP contribution in [0, 0.1) is 0 Å². The molecular formula is C49H33NO. The quantitative estimate of drug-likeness (QED) is 0.178. The number of anilines is 3. The van der Waals surface area contributed by atoms with Gasteiger partial charge >= 0.3 is 0 Å². The van der Waals surface area contributed by atoms with Crippen molar-refractivity contribution < 1.29 is 4.42 Å². The van der Waals surface area contributed by atoms with Crippen LogP contribution in [0.15, 0.2) is 205 Å². The van der Waals surface area contributed by atoms with Gasteiger partial charge in [-0.05, 0) is 87.0 Å². The molecule has 2 nitrogen and oxygen atoms in total. The molecule has 0 amide bonds. The number of para-hydroxylation sites is 1. The lowest BCUT2D eigenvalue weighted by molar-refractivity contribution is 0.669. The zero-order valence-electron chi connectivity index (χ0n) is 27.9. The standard InChI is InChI=1S/C49H33NO/c1-4-17-34(18-5-1)39-27-15-31-45-47(39)48-44(30-16-32-46(48)51-45)50(37-22-8-3-9-23-37)38-24-14-21-36(33-38)49(35-19-6-2-7-20-35)42-28-12-10-25-40(42)41-26-11-13-29-43(41)49/h1-33H. The molecule has 1 aliphatic carbocycles. The number of benzene rings is 8. The van der Waals surface area contributed by atoms with Gasteiger partial charge in [0.2, 0.25) is 0 Å². The first-order valence-electron chi connectivity index (χ1n) is 17.5. The fourth-order valence-electron chi connectivity index (χ4n) is 8.49. The van der Waals surface area contributed by atoms with Gasteiger partial charge in [0.25, 0.3) is 0 Å². The summed E-state index contributed by atoms with van der Waals surface area (Å²) >= 11 is 0. The number of rotatable bonds is 6. The molecule has 1 aromatic heterocycles. The summed E-state index contributed by atoms with van der Waals surface area (Å²) in [5.41, 5.74) is 14.4. The lowest BCUT2D eigenvalue weighted by atomic mass is 9.67. The molecule has 0 N–H and O–H groups in total. The topological polar surface area (TPSA) is 16.4 Å². The van der Waals surface area contributed by atoms with Crippen LogP contribution in [0.25, 0.3) is 44.2 Å². The summed E-state index contributed by atoms with van der Waals surface area (Å²) in [5, 5.41) is 2.21. The van der Waals surface area contributed by atoms with E-state index >= 15 is 0 Å². The van der Waals surface area contributed by atoms with Crippen molar-refractivity contribution >= 4 is 39.0 Å². The first-order chi connectivity index (χ1) is 25.3. The minimum atomic E-state index is -0.498. The van der Waals surface area contributed by atoms with Crippen molar-refractivity contribution in [2.24, 2.45) is 0 Å². The fraction of sp³-hybridized carbons (Fsp3) is 0.0204. The average molecular weight is 652 g/mol. The van der Waals surface area contributed by atoms with E-state index in [0.29, 0.717) is 0 Å². The molecular weight excluding hydrogens is 619 g/mol. The first kappa shape index (κ1) is 29.3. The van der Waals surface area contributed by atoms with Crippen molar-refractivity contribution in [2.75, 3.05) is 4.90 Å². The summed E-state index contributed by atoms with van der Waals surface area (Å²) in [7, 11) is 0. The second-order valence-electron chi connectivity index (χ2n) is 13.2. The highest BCUT2D eigenvalue weighted by Crippen LogP contribution is 2.56. The van der Waals surface area contributed by atoms with Crippen LogP contribution in [-0.4, -0.2) is 0 Å². The molecule has 10 rings (SSSR count). The number of fused-ring (bicyclic) bond motifs is 6. The maximum atomic E-state index is 6.61. The Labute approximate surface area is 297 Å². The van der Waals surface area contributed by atoms with Crippen LogP contribution in [0.1, 0.15) is 22.3 Å². The molecule has 1 aliphatic rings. The van der Waals surface area contributed by atoms with Crippen molar-refractivity contribution in [3.8, 4) is 22.3 Å². The zero-order chi connectivity index (χ0) is 33.8. The van der Waals surface area contributed by atoms with E-state index in [-0.39, 0.29) is 0 Å². The van der Waals surface area contributed by atoms with Gasteiger partial charge < -0.3 is 9.32 Å². The molecule has 0 unspecified atom stereocenters. The Kier molecular flexibility index (Phi) is 6.75. The molecule has 1 heterocycles. The van der Waals surface area contributed by atoms with Gasteiger partial charge in [-0.15, -0.1) is 0 Å². The summed E-state index contributed by atoms with van der Waals surface area (Å²) in [5.74, 6) is 0. The normalized spacial score (nSPS) is 12.9. The summed E-state index contributed by atoms with van der Waals surface area (Å²) in [6, 6.07) is 72.1. The van der Waals surface area contributed by atoms with Crippen LogP contribution >= 0.6 is 0 Å². The summed E-state index contributed by atoms with van der Waals surface area (Å²) in [4.78, 5) is 2.40. The van der Waals surface area contributed by atoms with Gasteiger partial charge in [-0.25, -0.2) is 0 Å². The van der Waals surface area contributed by atoms with E-state index in [2.05, 4.69) is 205 Å². The van der Waals surface area contributed by atoms with Crippen molar-refractivity contribution in [1.82, 2.24) is 0 Å². The van der Waals surface area contributed by atoms with Gasteiger partial charge in [-0.2, -0.15) is 0 Å². The van der Waals surface area contributed by atoms with E-state index in [9.17, 15) is 0 Å². The van der Waals surface area contributed by atoms with E-state index in [0.717, 1.165) is 50.1 Å². The van der Waals surface area contributed by atoms with Gasteiger partial charge in [0.1, 0.15) is 11.2 Å². The van der Waals surface area contributed by atoms with Crippen LogP contribution in [0.5, 0.6) is 0 Å². The van der Waals surface area contributed by atoms with Crippen LogP contribution in [0.3, 0.4) is 0 Å². The fourth-order valence-corrected chi connectivity index (χ4v) is 8.49. The number of furan rings is 1. The van der Waals surface area contributed by atoms with Crippen LogP contribution < -0.4 is 4.90 Å². The number of nitrogens with zero attached hydrogens (tertiary/aromatic N) is 1. The van der Waals surface area contributed by atoms with Crippen molar-refractivity contribution in [3.63, 3.8) is 0 Å². The SMILES string of the molecule is c1ccc(-c2cccc3oc4cccc(N(c5ccccc5)c5cccc(C6(c7ccccc7)c7ccccc7-c7ccccc76)c5)c4c23)cc1. The van der Waals surface area contributed by atoms with Crippen molar-refractivity contribution in [2.45, 2.75) is 5.41 Å². The van der Waals surface area contributed by atoms with Crippen LogP contribution in [-0.2, 0) is 5.41 Å². The summed E-state index contributed by atoms with van der Waals surface area (Å²) in [6.45, 7) is 0. The molecule has 0 radical (unpaired) electrons. The average Bonchev–Trinajstić information content (AvgIpc) is 3.74. The first-order valence-corrected chi connectivity index (χ1v) is 17.5. The van der Waals surface area contributed by atoms with Crippen molar-refractivity contribution in [3.05, 3.63) is 222 Å². The van der Waals surface area contributed by atoms with Gasteiger partial charge in [-0.1, -0.05) is 158 Å². The maximum Gasteiger partial charge on any atom is 0.137 e. The smallest absolute Gasteiger partial charge is 0.137 e. The van der Waals surface area contributed by atoms with Gasteiger partial charge in [0, 0.05) is 16.8 Å². The molecule has 0 fully saturated rings. The molecule has 0 atom stereocenters. The predicted molar refractivity (Wildman–Crippen MR) is 211 cm³/mol. The molecule has 0 spiro atoms. The molecule has 0 saturated heterocycles. The second kappa shape index (κ2) is 11.8. The van der Waals surface area contributed by atoms with E-state index in [1.165, 1.54) is 33.4 Å². The minimum absolute atomic E-state index is 0.498. The van der Waals surface area contributed by atoms with Gasteiger partial charge in [-0.3, -0.25) is 0 Å². The second-order valence-corrected chi connectivity index (χ2v) is 13.2. The highest BCUT2D eigenvalue weighted by Gasteiger charge is 2.46. The maximum absolute atomic E-state index is 6.61. The van der Waals surface area contributed by atoms with E-state index in [4.69, 9.17) is 4.42 Å². The molecule has 0 saturated carbocycles. The Hall–Kier alpha value is -6.64. The lowest BCUT2D eigenvalue weighted by Gasteiger charge is -2.35. The Balaban J connectivity index is 1.27. The van der Waals surface area contributed by atoms with Crippen LogP contribution in [0.4, 0.5) is 17.1 Å². The molecule has 8 aromatic carbocycles. The Morgan fingerprint density at radius 1 is 0.373 bits per heavy atom. The molecule has 0 aliphatic heterocycles. The lowest BCUT2D eigenvalue weighted by Crippen LogP contribution is -2.28. The largest absolute Gasteiger partial charge is 0.456 e. The van der Waals surface area contributed by atoms with E-state index in [1.54, 1.807) is 0 Å². The molecule has 240 valence electrons.